The van der Waals surface area contributed by atoms with Gasteiger partial charge in [-0.1, -0.05) is 35.4 Å². The standard InChI is InChI=1S/C23H28N2O/c1-14-10-16(3)21(17(4)11-14)24-8-9-25(23(24)20(7)26)22-18(5)12-15(2)13-19(22)6/h8-13,23H,1-7H3/p+1. The van der Waals surface area contributed by atoms with E-state index in [0.29, 0.717) is 0 Å². The van der Waals surface area contributed by atoms with Crippen LogP contribution in [0, 0.1) is 41.5 Å². The zero-order valence-corrected chi connectivity index (χ0v) is 16.9. The number of quaternary nitrogens is 1. The van der Waals surface area contributed by atoms with Crippen LogP contribution < -0.4 is 9.80 Å². The molecule has 0 saturated carbocycles. The van der Waals surface area contributed by atoms with Gasteiger partial charge in [-0.15, -0.1) is 0 Å². The van der Waals surface area contributed by atoms with Crippen LogP contribution in [0.3, 0.4) is 0 Å². The van der Waals surface area contributed by atoms with Gasteiger partial charge < -0.3 is 0 Å². The molecule has 26 heavy (non-hydrogen) atoms. The van der Waals surface area contributed by atoms with Crippen LogP contribution in [-0.2, 0) is 4.79 Å². The molecule has 0 bridgehead atoms. The molecule has 1 heterocycles. The van der Waals surface area contributed by atoms with Crippen LogP contribution >= 0.6 is 0 Å². The Labute approximate surface area is 156 Å². The normalized spacial score (nSPS) is 19.3. The number of nitrogens with zero attached hydrogens (tertiary/aromatic N) is 1. The second-order valence-electron chi connectivity index (χ2n) is 7.71. The van der Waals surface area contributed by atoms with Gasteiger partial charge in [-0.3, -0.25) is 9.69 Å². The molecule has 0 aromatic heterocycles. The highest BCUT2D eigenvalue weighted by Crippen LogP contribution is 2.30. The summed E-state index contributed by atoms with van der Waals surface area (Å²) in [6, 6.07) is 8.78. The molecule has 3 nitrogen and oxygen atoms in total. The molecule has 0 spiro atoms. The summed E-state index contributed by atoms with van der Waals surface area (Å²) in [6.07, 6.45) is 3.93. The Hall–Kier alpha value is -2.39. The van der Waals surface area contributed by atoms with Crippen LogP contribution in [0.25, 0.3) is 0 Å². The lowest BCUT2D eigenvalue weighted by molar-refractivity contribution is -0.787. The fourth-order valence-corrected chi connectivity index (χ4v) is 4.54. The number of Topliss-reactive ketones (excluding diaryl/α,β-unsaturated/α-hetero) is 1. The van der Waals surface area contributed by atoms with E-state index >= 15 is 0 Å². The molecule has 2 aromatic carbocycles. The average Bonchev–Trinajstić information content (AvgIpc) is 2.89. The molecule has 1 aliphatic rings. The lowest BCUT2D eigenvalue weighted by atomic mass is 10.0. The minimum atomic E-state index is -0.268. The SMILES string of the molecule is CC(=O)C1N(c2c(C)cc(C)cc2C)C=C[NH+]1c1c(C)cc(C)cc1C. The third-order valence-corrected chi connectivity index (χ3v) is 5.23. The van der Waals surface area contributed by atoms with Crippen LogP contribution in [0.1, 0.15) is 40.3 Å². The number of anilines is 1. The molecule has 2 atom stereocenters. The van der Waals surface area contributed by atoms with Gasteiger partial charge in [0.25, 0.3) is 0 Å². The van der Waals surface area contributed by atoms with Gasteiger partial charge in [0.15, 0.2) is 0 Å². The van der Waals surface area contributed by atoms with Crippen LogP contribution in [0.15, 0.2) is 36.7 Å². The van der Waals surface area contributed by atoms with E-state index in [-0.39, 0.29) is 11.9 Å². The van der Waals surface area contributed by atoms with Crippen molar-refractivity contribution in [2.45, 2.75) is 54.6 Å². The van der Waals surface area contributed by atoms with E-state index in [1.807, 2.05) is 0 Å². The fraction of sp³-hybridized carbons (Fsp3) is 0.348. The van der Waals surface area contributed by atoms with Crippen molar-refractivity contribution in [2.75, 3.05) is 4.90 Å². The first-order chi connectivity index (χ1) is 12.2. The summed E-state index contributed by atoms with van der Waals surface area (Å²) in [5.74, 6) is 0.170. The molecule has 3 heteroatoms. The van der Waals surface area contributed by atoms with Crippen LogP contribution in [0.2, 0.25) is 0 Å². The second-order valence-corrected chi connectivity index (χ2v) is 7.71. The van der Waals surface area contributed by atoms with Crippen molar-refractivity contribution >= 4 is 17.2 Å². The number of benzene rings is 2. The molecule has 0 saturated heterocycles. The Kier molecular flexibility index (Phi) is 4.76. The first kappa shape index (κ1) is 18.4. The van der Waals surface area contributed by atoms with Crippen molar-refractivity contribution in [3.8, 4) is 0 Å². The first-order valence-electron chi connectivity index (χ1n) is 9.20. The summed E-state index contributed by atoms with van der Waals surface area (Å²) >= 11 is 0. The van der Waals surface area contributed by atoms with Crippen LogP contribution in [0.4, 0.5) is 11.4 Å². The molecule has 0 radical (unpaired) electrons. The van der Waals surface area contributed by atoms with Gasteiger partial charge in [-0.25, -0.2) is 4.90 Å². The first-order valence-corrected chi connectivity index (χ1v) is 9.20. The topological polar surface area (TPSA) is 24.8 Å². The number of nitrogens with one attached hydrogen (secondary N) is 1. The molecule has 1 aliphatic heterocycles. The molecule has 0 amide bonds. The maximum absolute atomic E-state index is 12.7. The van der Waals surface area contributed by atoms with E-state index in [9.17, 15) is 4.79 Å². The third-order valence-electron chi connectivity index (χ3n) is 5.23. The minimum Gasteiger partial charge on any atom is -0.291 e. The summed E-state index contributed by atoms with van der Waals surface area (Å²) in [4.78, 5) is 15.9. The van der Waals surface area contributed by atoms with Crippen molar-refractivity contribution in [2.24, 2.45) is 0 Å². The Bertz CT molecular complexity index is 797. The van der Waals surface area contributed by atoms with Gasteiger partial charge in [0.2, 0.25) is 11.9 Å². The second kappa shape index (κ2) is 6.73. The van der Waals surface area contributed by atoms with E-state index in [1.54, 1.807) is 6.92 Å². The lowest BCUT2D eigenvalue weighted by Crippen LogP contribution is -3.08. The summed E-state index contributed by atoms with van der Waals surface area (Å²) < 4.78 is 0. The van der Waals surface area contributed by atoms with Crippen molar-refractivity contribution in [1.29, 1.82) is 0 Å². The summed E-state index contributed by atoms with van der Waals surface area (Å²) in [5, 5.41) is 0. The van der Waals surface area contributed by atoms with Gasteiger partial charge in [0.05, 0.1) is 11.9 Å². The molecule has 1 N–H and O–H groups in total. The lowest BCUT2D eigenvalue weighted by Gasteiger charge is -2.29. The Morgan fingerprint density at radius 1 is 0.846 bits per heavy atom. The zero-order chi connectivity index (χ0) is 19.2. The zero-order valence-electron chi connectivity index (χ0n) is 16.9. The predicted molar refractivity (Wildman–Crippen MR) is 108 cm³/mol. The van der Waals surface area contributed by atoms with E-state index in [2.05, 4.69) is 83.1 Å². The number of rotatable bonds is 3. The number of hydrogen-bond acceptors (Lipinski definition) is 2. The molecule has 0 fully saturated rings. The van der Waals surface area contributed by atoms with Gasteiger partial charge in [0, 0.05) is 18.1 Å². The van der Waals surface area contributed by atoms with Crippen molar-refractivity contribution in [3.63, 3.8) is 0 Å². The van der Waals surface area contributed by atoms with E-state index in [1.165, 1.54) is 39.1 Å². The van der Waals surface area contributed by atoms with E-state index in [4.69, 9.17) is 0 Å². The van der Waals surface area contributed by atoms with E-state index in [0.717, 1.165) is 10.6 Å². The number of hydrogen-bond donors (Lipinski definition) is 1. The highest BCUT2D eigenvalue weighted by Gasteiger charge is 2.39. The fourth-order valence-electron chi connectivity index (χ4n) is 4.54. The molecular weight excluding hydrogens is 320 g/mol. The molecule has 2 unspecified atom stereocenters. The van der Waals surface area contributed by atoms with Crippen molar-refractivity contribution < 1.29 is 9.69 Å². The summed E-state index contributed by atoms with van der Waals surface area (Å²) in [5.41, 5.74) is 9.73. The van der Waals surface area contributed by atoms with Crippen molar-refractivity contribution in [3.05, 3.63) is 70.0 Å². The summed E-state index contributed by atoms with van der Waals surface area (Å²) in [7, 11) is 0. The van der Waals surface area contributed by atoms with Crippen LogP contribution in [-0.4, -0.2) is 11.9 Å². The molecule has 2 aromatic rings. The maximum atomic E-state index is 12.7. The quantitative estimate of drug-likeness (QED) is 0.907. The highest BCUT2D eigenvalue weighted by molar-refractivity contribution is 5.85. The average molecular weight is 349 g/mol. The van der Waals surface area contributed by atoms with Gasteiger partial charge in [-0.05, 0) is 52.7 Å². The maximum Gasteiger partial charge on any atom is 0.236 e. The number of carbonyl (C=O) groups is 1. The van der Waals surface area contributed by atoms with Gasteiger partial charge in [0.1, 0.15) is 11.9 Å². The molecule has 0 aliphatic carbocycles. The Morgan fingerprint density at radius 2 is 1.31 bits per heavy atom. The summed E-state index contributed by atoms with van der Waals surface area (Å²) in [6.45, 7) is 14.5. The molecule has 136 valence electrons. The van der Waals surface area contributed by atoms with Crippen LogP contribution in [0.5, 0.6) is 0 Å². The number of ketones is 1. The number of carbonyl (C=O) groups excluding carboxylic acids is 1. The molecular formula is C23H29N2O+. The minimum absolute atomic E-state index is 0.170. The van der Waals surface area contributed by atoms with Crippen molar-refractivity contribution in [1.82, 2.24) is 0 Å². The Balaban J connectivity index is 2.11. The Morgan fingerprint density at radius 3 is 1.77 bits per heavy atom. The monoisotopic (exact) mass is 349 g/mol. The largest absolute Gasteiger partial charge is 0.291 e. The number of aryl methyl sites for hydroxylation is 6. The predicted octanol–water partition coefficient (Wildman–Crippen LogP) is 3.96. The van der Waals surface area contributed by atoms with Gasteiger partial charge in [-0.2, -0.15) is 0 Å². The smallest absolute Gasteiger partial charge is 0.236 e. The third kappa shape index (κ3) is 3.08. The van der Waals surface area contributed by atoms with Gasteiger partial charge >= 0.3 is 0 Å². The molecule has 3 rings (SSSR count). The van der Waals surface area contributed by atoms with E-state index < -0.39 is 0 Å². The highest BCUT2D eigenvalue weighted by atomic mass is 16.1.